The number of nitrogens with one attached hydrogen (secondary N) is 2. The monoisotopic (exact) mass is 289 g/mol. The van der Waals surface area contributed by atoms with E-state index in [9.17, 15) is 4.79 Å². The Morgan fingerprint density at radius 1 is 1.38 bits per heavy atom. The number of hydrogen-bond acceptors (Lipinski definition) is 3. The van der Waals surface area contributed by atoms with Crippen molar-refractivity contribution in [3.63, 3.8) is 0 Å². The van der Waals surface area contributed by atoms with Gasteiger partial charge in [0.15, 0.2) is 0 Å². The van der Waals surface area contributed by atoms with Crippen molar-refractivity contribution in [1.29, 1.82) is 0 Å². The first-order valence-corrected chi connectivity index (χ1v) is 7.87. The summed E-state index contributed by atoms with van der Waals surface area (Å²) in [4.78, 5) is 14.6. The fourth-order valence-corrected chi connectivity index (χ4v) is 2.91. The van der Waals surface area contributed by atoms with E-state index in [1.165, 1.54) is 6.42 Å². The Balaban J connectivity index is 2.02. The highest BCUT2D eigenvalue weighted by Crippen LogP contribution is 2.21. The topological polar surface area (TPSA) is 44.4 Å². The van der Waals surface area contributed by atoms with Gasteiger partial charge in [0.1, 0.15) is 0 Å². The first-order chi connectivity index (χ1) is 10.1. The molecular weight excluding hydrogens is 262 g/mol. The highest BCUT2D eigenvalue weighted by molar-refractivity contribution is 5.95. The minimum Gasteiger partial charge on any atom is -0.324 e. The van der Waals surface area contributed by atoms with E-state index in [1.54, 1.807) is 0 Å². The Kier molecular flexibility index (Phi) is 5.76. The number of carbonyl (C=O) groups excluding carboxylic acids is 1. The molecule has 1 heterocycles. The van der Waals surface area contributed by atoms with Crippen molar-refractivity contribution in [2.24, 2.45) is 5.92 Å². The summed E-state index contributed by atoms with van der Waals surface area (Å²) in [6.07, 6.45) is 3.28. The summed E-state index contributed by atoms with van der Waals surface area (Å²) in [7, 11) is 4.07. The highest BCUT2D eigenvalue weighted by Gasteiger charge is 2.26. The number of amides is 1. The molecule has 1 aromatic rings. The number of anilines is 1. The zero-order chi connectivity index (χ0) is 15.2. The van der Waals surface area contributed by atoms with Gasteiger partial charge in [-0.3, -0.25) is 4.79 Å². The van der Waals surface area contributed by atoms with Crippen molar-refractivity contribution >= 4 is 11.6 Å². The van der Waals surface area contributed by atoms with Crippen LogP contribution in [0.5, 0.6) is 0 Å². The van der Waals surface area contributed by atoms with Crippen molar-refractivity contribution in [1.82, 2.24) is 10.2 Å². The van der Waals surface area contributed by atoms with Gasteiger partial charge in [0.05, 0.1) is 6.04 Å². The first kappa shape index (κ1) is 16.0. The normalized spacial score (nSPS) is 22.3. The van der Waals surface area contributed by atoms with E-state index in [4.69, 9.17) is 0 Å². The predicted molar refractivity (Wildman–Crippen MR) is 87.3 cm³/mol. The third-order valence-corrected chi connectivity index (χ3v) is 4.17. The lowest BCUT2D eigenvalue weighted by Gasteiger charge is -2.29. The average Bonchev–Trinajstić information content (AvgIpc) is 2.48. The molecule has 0 aliphatic carbocycles. The molecule has 1 aromatic carbocycles. The fourth-order valence-electron chi connectivity index (χ4n) is 2.91. The molecule has 2 rings (SSSR count). The molecule has 2 N–H and O–H groups in total. The zero-order valence-electron chi connectivity index (χ0n) is 13.4. The summed E-state index contributed by atoms with van der Waals surface area (Å²) >= 11 is 0. The lowest BCUT2D eigenvalue weighted by molar-refractivity contribution is -0.119. The number of rotatable bonds is 5. The minimum absolute atomic E-state index is 0.0592. The van der Waals surface area contributed by atoms with Crippen LogP contribution >= 0.6 is 0 Å². The van der Waals surface area contributed by atoms with Crippen LogP contribution < -0.4 is 10.6 Å². The van der Waals surface area contributed by atoms with Crippen LogP contribution in [0.1, 0.15) is 31.7 Å². The standard InChI is InChI=1S/C17H27N3O/c1-4-13-9-10-18-16(11-13)17(21)19-15-8-6-5-7-14(15)12-20(2)3/h5-8,13,16,18H,4,9-12H2,1-3H3,(H,19,21). The molecule has 1 aliphatic rings. The van der Waals surface area contributed by atoms with E-state index in [-0.39, 0.29) is 11.9 Å². The largest absolute Gasteiger partial charge is 0.324 e. The lowest BCUT2D eigenvalue weighted by atomic mass is 9.90. The number of piperidine rings is 1. The van der Waals surface area contributed by atoms with Crippen LogP contribution in [0, 0.1) is 5.92 Å². The fraction of sp³-hybridized carbons (Fsp3) is 0.588. The van der Waals surface area contributed by atoms with Crippen molar-refractivity contribution < 1.29 is 4.79 Å². The quantitative estimate of drug-likeness (QED) is 0.875. The molecule has 1 amide bonds. The van der Waals surface area contributed by atoms with E-state index in [0.717, 1.165) is 37.2 Å². The van der Waals surface area contributed by atoms with Gasteiger partial charge in [0.25, 0.3) is 0 Å². The molecule has 1 fully saturated rings. The summed E-state index contributed by atoms with van der Waals surface area (Å²) in [6.45, 7) is 3.97. The number of carbonyl (C=O) groups is 1. The van der Waals surface area contributed by atoms with Crippen LogP contribution in [0.25, 0.3) is 0 Å². The molecule has 0 saturated carbocycles. The van der Waals surface area contributed by atoms with E-state index in [2.05, 4.69) is 28.5 Å². The highest BCUT2D eigenvalue weighted by atomic mass is 16.2. The average molecular weight is 289 g/mol. The summed E-state index contributed by atoms with van der Waals surface area (Å²) in [5.74, 6) is 0.762. The smallest absolute Gasteiger partial charge is 0.241 e. The molecule has 4 nitrogen and oxygen atoms in total. The second kappa shape index (κ2) is 7.57. The third kappa shape index (κ3) is 4.55. The number of benzene rings is 1. The van der Waals surface area contributed by atoms with Gasteiger partial charge in [-0.2, -0.15) is 0 Å². The van der Waals surface area contributed by atoms with Gasteiger partial charge in [-0.25, -0.2) is 0 Å². The molecule has 0 spiro atoms. The van der Waals surface area contributed by atoms with E-state index >= 15 is 0 Å². The molecule has 2 unspecified atom stereocenters. The molecule has 0 radical (unpaired) electrons. The van der Waals surface area contributed by atoms with E-state index < -0.39 is 0 Å². The van der Waals surface area contributed by atoms with E-state index in [0.29, 0.717) is 5.92 Å². The molecule has 0 aromatic heterocycles. The van der Waals surface area contributed by atoms with Gasteiger partial charge in [-0.15, -0.1) is 0 Å². The molecule has 0 bridgehead atoms. The van der Waals surface area contributed by atoms with Crippen LogP contribution in [-0.4, -0.2) is 37.5 Å². The molecule has 1 saturated heterocycles. The van der Waals surface area contributed by atoms with Crippen molar-refractivity contribution in [3.8, 4) is 0 Å². The maximum Gasteiger partial charge on any atom is 0.241 e. The summed E-state index contributed by atoms with van der Waals surface area (Å²) in [6, 6.07) is 7.98. The molecule has 2 atom stereocenters. The molecule has 4 heteroatoms. The molecule has 116 valence electrons. The summed E-state index contributed by atoms with van der Waals surface area (Å²) in [5, 5.41) is 6.44. The van der Waals surface area contributed by atoms with Crippen molar-refractivity contribution in [3.05, 3.63) is 29.8 Å². The van der Waals surface area contributed by atoms with Crippen LogP contribution in [0.3, 0.4) is 0 Å². The van der Waals surface area contributed by atoms with Gasteiger partial charge in [0, 0.05) is 12.2 Å². The van der Waals surface area contributed by atoms with Crippen LogP contribution in [0.2, 0.25) is 0 Å². The minimum atomic E-state index is -0.0592. The number of nitrogens with zero attached hydrogens (tertiary/aromatic N) is 1. The summed E-state index contributed by atoms with van der Waals surface area (Å²) in [5.41, 5.74) is 2.08. The first-order valence-electron chi connectivity index (χ1n) is 7.87. The molecule has 21 heavy (non-hydrogen) atoms. The zero-order valence-corrected chi connectivity index (χ0v) is 13.4. The Morgan fingerprint density at radius 2 is 2.14 bits per heavy atom. The molecular formula is C17H27N3O. The Hall–Kier alpha value is -1.39. The maximum absolute atomic E-state index is 12.5. The Morgan fingerprint density at radius 3 is 2.86 bits per heavy atom. The number of hydrogen-bond donors (Lipinski definition) is 2. The van der Waals surface area contributed by atoms with Gasteiger partial charge in [-0.1, -0.05) is 31.5 Å². The Labute approximate surface area is 127 Å². The van der Waals surface area contributed by atoms with Gasteiger partial charge in [0.2, 0.25) is 5.91 Å². The SMILES string of the molecule is CCC1CCNC(C(=O)Nc2ccccc2CN(C)C)C1. The predicted octanol–water partition coefficient (Wildman–Crippen LogP) is 2.46. The Bertz CT molecular complexity index is 473. The second-order valence-corrected chi connectivity index (χ2v) is 6.19. The van der Waals surface area contributed by atoms with Gasteiger partial charge in [-0.05, 0) is 51.0 Å². The van der Waals surface area contributed by atoms with E-state index in [1.807, 2.05) is 32.3 Å². The van der Waals surface area contributed by atoms with Crippen LogP contribution in [-0.2, 0) is 11.3 Å². The third-order valence-electron chi connectivity index (χ3n) is 4.17. The van der Waals surface area contributed by atoms with Gasteiger partial charge >= 0.3 is 0 Å². The maximum atomic E-state index is 12.5. The second-order valence-electron chi connectivity index (χ2n) is 6.19. The van der Waals surface area contributed by atoms with Crippen molar-refractivity contribution in [2.75, 3.05) is 26.0 Å². The summed E-state index contributed by atoms with van der Waals surface area (Å²) < 4.78 is 0. The lowest BCUT2D eigenvalue weighted by Crippen LogP contribution is -2.46. The number of para-hydroxylation sites is 1. The van der Waals surface area contributed by atoms with Crippen LogP contribution in [0.4, 0.5) is 5.69 Å². The van der Waals surface area contributed by atoms with Crippen LogP contribution in [0.15, 0.2) is 24.3 Å². The van der Waals surface area contributed by atoms with Crippen molar-refractivity contribution in [2.45, 2.75) is 38.8 Å². The molecule has 1 aliphatic heterocycles. The van der Waals surface area contributed by atoms with Gasteiger partial charge < -0.3 is 15.5 Å².